The molecule has 12 heteroatoms. The first kappa shape index (κ1) is 26.1. The summed E-state index contributed by atoms with van der Waals surface area (Å²) in [6, 6.07) is 5.42. The number of aromatic amines is 1. The van der Waals surface area contributed by atoms with Gasteiger partial charge in [-0.1, -0.05) is 23.2 Å². The van der Waals surface area contributed by atoms with Gasteiger partial charge in [0.1, 0.15) is 35.2 Å². The molecule has 0 radical (unpaired) electrons. The van der Waals surface area contributed by atoms with Crippen molar-refractivity contribution in [1.82, 2.24) is 29.4 Å². The number of nitrogens with one attached hydrogen (secondary N) is 1. The number of benzene rings is 1. The summed E-state index contributed by atoms with van der Waals surface area (Å²) in [7, 11) is 0. The molecule has 3 aromatic heterocycles. The smallest absolute Gasteiger partial charge is 0.165 e. The van der Waals surface area contributed by atoms with Gasteiger partial charge in [-0.25, -0.2) is 15.0 Å². The molecule has 4 heterocycles. The van der Waals surface area contributed by atoms with Crippen LogP contribution in [0.1, 0.15) is 38.7 Å². The van der Waals surface area contributed by atoms with E-state index in [1.165, 1.54) is 6.33 Å². The van der Waals surface area contributed by atoms with Crippen molar-refractivity contribution >= 4 is 51.1 Å². The summed E-state index contributed by atoms with van der Waals surface area (Å²) >= 11 is 12.3. The Bertz CT molecular complexity index is 1390. The Labute approximate surface area is 224 Å². The maximum absolute atomic E-state index is 10.8. The summed E-state index contributed by atoms with van der Waals surface area (Å²) in [4.78, 5) is 18.8. The van der Waals surface area contributed by atoms with E-state index in [2.05, 4.69) is 38.7 Å². The maximum atomic E-state index is 10.8. The lowest BCUT2D eigenvalue weighted by atomic mass is 10.1. The molecule has 0 unspecified atom stereocenters. The number of imidazole rings is 2. The van der Waals surface area contributed by atoms with Gasteiger partial charge in [0, 0.05) is 30.2 Å². The average Bonchev–Trinajstić information content (AvgIpc) is 3.53. The van der Waals surface area contributed by atoms with Crippen LogP contribution in [-0.2, 0) is 11.2 Å². The zero-order valence-corrected chi connectivity index (χ0v) is 22.2. The van der Waals surface area contributed by atoms with Crippen molar-refractivity contribution in [2.45, 2.75) is 63.7 Å². The van der Waals surface area contributed by atoms with Crippen LogP contribution in [-0.4, -0.2) is 77.1 Å². The van der Waals surface area contributed by atoms with Gasteiger partial charge < -0.3 is 25.7 Å². The fourth-order valence-electron chi connectivity index (χ4n) is 4.86. The third-order valence-corrected chi connectivity index (χ3v) is 7.42. The molecule has 1 fully saturated rings. The maximum Gasteiger partial charge on any atom is 0.165 e. The quantitative estimate of drug-likeness (QED) is 0.233. The Morgan fingerprint density at radius 3 is 2.76 bits per heavy atom. The molecule has 198 valence electrons. The lowest BCUT2D eigenvalue weighted by Gasteiger charge is -2.30. The van der Waals surface area contributed by atoms with Gasteiger partial charge in [-0.15, -0.1) is 0 Å². The first-order valence-electron chi connectivity index (χ1n) is 12.4. The second-order valence-corrected chi connectivity index (χ2v) is 10.6. The number of pyridine rings is 1. The Kier molecular flexibility index (Phi) is 7.58. The Morgan fingerprint density at radius 2 is 1.97 bits per heavy atom. The Hall–Kier alpha value is -2.47. The Balaban J connectivity index is 1.19. The number of rotatable bonds is 9. The van der Waals surface area contributed by atoms with Crippen molar-refractivity contribution in [3.63, 3.8) is 0 Å². The number of halogens is 2. The van der Waals surface area contributed by atoms with Crippen LogP contribution in [0.5, 0.6) is 0 Å². The highest BCUT2D eigenvalue weighted by Crippen LogP contribution is 2.33. The summed E-state index contributed by atoms with van der Waals surface area (Å²) in [5.41, 5.74) is 9.09. The number of anilines is 1. The van der Waals surface area contributed by atoms with Crippen molar-refractivity contribution in [3.05, 3.63) is 46.6 Å². The van der Waals surface area contributed by atoms with Gasteiger partial charge in [0.2, 0.25) is 0 Å². The molecule has 1 aliphatic heterocycles. The number of ether oxygens (including phenoxy) is 1. The fraction of sp³-hybridized carbons (Fsp3) is 0.480. The van der Waals surface area contributed by atoms with Gasteiger partial charge in [0.25, 0.3) is 0 Å². The van der Waals surface area contributed by atoms with Gasteiger partial charge in [0.05, 0.1) is 22.6 Å². The summed E-state index contributed by atoms with van der Waals surface area (Å²) in [5, 5.41) is 22.7. The summed E-state index contributed by atoms with van der Waals surface area (Å²) in [5.74, 6) is 0.873. The van der Waals surface area contributed by atoms with Gasteiger partial charge >= 0.3 is 0 Å². The molecule has 0 saturated carbocycles. The fourth-order valence-corrected chi connectivity index (χ4v) is 5.40. The van der Waals surface area contributed by atoms with Crippen molar-refractivity contribution in [1.29, 1.82) is 0 Å². The molecule has 0 amide bonds. The normalized spacial score (nSPS) is 22.3. The first-order valence-corrected chi connectivity index (χ1v) is 13.1. The molecule has 4 aromatic rings. The van der Waals surface area contributed by atoms with Crippen molar-refractivity contribution in [2.24, 2.45) is 0 Å². The number of aryl methyl sites for hydroxylation is 1. The van der Waals surface area contributed by atoms with E-state index in [1.807, 2.05) is 6.07 Å². The van der Waals surface area contributed by atoms with Crippen LogP contribution in [0.25, 0.3) is 22.2 Å². The minimum atomic E-state index is -1.12. The van der Waals surface area contributed by atoms with Crippen LogP contribution in [0.2, 0.25) is 10.0 Å². The molecule has 37 heavy (non-hydrogen) atoms. The molecule has 1 aromatic carbocycles. The standard InChI is InChI=1S/C25H31Cl2N7O3/c1-13(2)33(8-4-3-5-19-31-17-10-14(26)9-15(27)20(17)32-19)11-18-22(35)23(36)25(37-18)34-12-30-21-16(28)6-7-29-24(21)34/h6-7,9-10,12-13,18,22-23,25,35-36H,3-5,8,11H2,1-2H3,(H2,28,29)(H,31,32)/t18-,22-,23-,25-/m1/s1. The largest absolute Gasteiger partial charge is 0.397 e. The van der Waals surface area contributed by atoms with E-state index in [0.29, 0.717) is 33.4 Å². The van der Waals surface area contributed by atoms with Crippen LogP contribution in [0.4, 0.5) is 5.69 Å². The number of aliphatic hydroxyl groups excluding tert-OH is 2. The number of hydrogen-bond acceptors (Lipinski definition) is 8. The number of nitrogens with two attached hydrogens (primary N) is 1. The lowest BCUT2D eigenvalue weighted by molar-refractivity contribution is -0.0469. The second kappa shape index (κ2) is 10.7. The summed E-state index contributed by atoms with van der Waals surface area (Å²) < 4.78 is 7.78. The molecule has 5 rings (SSSR count). The predicted molar refractivity (Wildman–Crippen MR) is 144 cm³/mol. The van der Waals surface area contributed by atoms with E-state index in [4.69, 9.17) is 33.7 Å². The molecule has 10 nitrogen and oxygen atoms in total. The number of unbranched alkanes of at least 4 members (excludes halogenated alkanes) is 1. The lowest BCUT2D eigenvalue weighted by Crippen LogP contribution is -2.43. The summed E-state index contributed by atoms with van der Waals surface area (Å²) in [6.45, 7) is 5.50. The number of hydrogen-bond donors (Lipinski definition) is 4. The van der Waals surface area contributed by atoms with E-state index in [9.17, 15) is 10.2 Å². The zero-order chi connectivity index (χ0) is 26.3. The van der Waals surface area contributed by atoms with Gasteiger partial charge in [0.15, 0.2) is 11.9 Å². The van der Waals surface area contributed by atoms with Gasteiger partial charge in [-0.3, -0.25) is 9.47 Å². The van der Waals surface area contributed by atoms with Crippen molar-refractivity contribution < 1.29 is 14.9 Å². The third kappa shape index (κ3) is 5.27. The molecule has 1 saturated heterocycles. The van der Waals surface area contributed by atoms with Gasteiger partial charge in [-0.05, 0) is 51.4 Å². The highest BCUT2D eigenvalue weighted by molar-refractivity contribution is 6.38. The molecule has 1 aliphatic rings. The van der Waals surface area contributed by atoms with E-state index >= 15 is 0 Å². The van der Waals surface area contributed by atoms with E-state index in [1.54, 1.807) is 22.9 Å². The molecule has 0 spiro atoms. The van der Waals surface area contributed by atoms with Crippen LogP contribution >= 0.6 is 23.2 Å². The zero-order valence-electron chi connectivity index (χ0n) is 20.7. The van der Waals surface area contributed by atoms with E-state index in [0.717, 1.165) is 42.7 Å². The second-order valence-electron chi connectivity index (χ2n) is 9.78. The predicted octanol–water partition coefficient (Wildman–Crippen LogP) is 3.55. The minimum Gasteiger partial charge on any atom is -0.397 e. The first-order chi connectivity index (χ1) is 17.7. The Morgan fingerprint density at radius 1 is 1.16 bits per heavy atom. The van der Waals surface area contributed by atoms with Crippen LogP contribution in [0, 0.1) is 0 Å². The number of fused-ring (bicyclic) bond motifs is 2. The topological polar surface area (TPSA) is 138 Å². The molecule has 0 bridgehead atoms. The number of aliphatic hydroxyl groups is 2. The van der Waals surface area contributed by atoms with Gasteiger partial charge in [-0.2, -0.15) is 0 Å². The third-order valence-electron chi connectivity index (χ3n) is 6.91. The van der Waals surface area contributed by atoms with Crippen molar-refractivity contribution in [2.75, 3.05) is 18.8 Å². The van der Waals surface area contributed by atoms with E-state index in [-0.39, 0.29) is 6.04 Å². The van der Waals surface area contributed by atoms with Crippen LogP contribution in [0.15, 0.2) is 30.7 Å². The monoisotopic (exact) mass is 547 g/mol. The minimum absolute atomic E-state index is 0.231. The average molecular weight is 548 g/mol. The van der Waals surface area contributed by atoms with Crippen LogP contribution < -0.4 is 5.73 Å². The molecular formula is C25H31Cl2N7O3. The SMILES string of the molecule is CC(C)N(CCCCc1nc2c(Cl)cc(Cl)cc2[nH]1)C[C@H]1O[C@@H](n2cnc3c(N)ccnc32)[C@H](O)[C@@H]1O. The molecule has 0 aliphatic carbocycles. The van der Waals surface area contributed by atoms with E-state index < -0.39 is 24.5 Å². The molecule has 4 atom stereocenters. The number of aromatic nitrogens is 5. The number of nitrogen functional groups attached to an aromatic ring is 1. The number of H-pyrrole nitrogens is 1. The highest BCUT2D eigenvalue weighted by atomic mass is 35.5. The number of nitrogens with zero attached hydrogens (tertiary/aromatic N) is 5. The summed E-state index contributed by atoms with van der Waals surface area (Å²) in [6.07, 6.45) is 2.21. The highest BCUT2D eigenvalue weighted by Gasteiger charge is 2.45. The molecule has 5 N–H and O–H groups in total. The van der Waals surface area contributed by atoms with Crippen molar-refractivity contribution in [3.8, 4) is 0 Å². The molecular weight excluding hydrogens is 517 g/mol. The van der Waals surface area contributed by atoms with Crippen LogP contribution in [0.3, 0.4) is 0 Å².